The molecule has 2 aromatic carbocycles. The summed E-state index contributed by atoms with van der Waals surface area (Å²) in [5.41, 5.74) is 7.64. The Morgan fingerprint density at radius 3 is 2.69 bits per heavy atom. The normalized spacial score (nSPS) is 20.2. The second-order valence-electron chi connectivity index (χ2n) is 7.41. The number of sulfonamides is 1. The van der Waals surface area contributed by atoms with E-state index in [4.69, 9.17) is 15.9 Å². The first kappa shape index (κ1) is 21.7. The van der Waals surface area contributed by atoms with Crippen molar-refractivity contribution in [2.45, 2.75) is 18.0 Å². The number of hydrogen-bond acceptors (Lipinski definition) is 7. The highest BCUT2D eigenvalue weighted by molar-refractivity contribution is 7.92. The zero-order chi connectivity index (χ0) is 23.0. The number of nitrogen functional groups attached to an aromatic ring is 1. The second-order valence-corrected chi connectivity index (χ2v) is 9.13. The van der Waals surface area contributed by atoms with Crippen LogP contribution >= 0.6 is 0 Å². The minimum Gasteiger partial charge on any atom is -0.384 e. The number of carbonyl (C=O) groups excluding carboxylic acids is 2. The topological polar surface area (TPSA) is 175 Å². The summed E-state index contributed by atoms with van der Waals surface area (Å²) in [5, 5.41) is 20.4. The first-order chi connectivity index (χ1) is 15.1. The highest BCUT2D eigenvalue weighted by atomic mass is 32.2. The van der Waals surface area contributed by atoms with Crippen molar-refractivity contribution in [2.24, 2.45) is 5.73 Å². The van der Waals surface area contributed by atoms with Crippen LogP contribution in [-0.4, -0.2) is 56.5 Å². The van der Waals surface area contributed by atoms with Crippen molar-refractivity contribution in [2.75, 3.05) is 28.1 Å². The maximum absolute atomic E-state index is 13.0. The number of anilines is 3. The van der Waals surface area contributed by atoms with E-state index < -0.39 is 34.0 Å². The fraction of sp³-hybridized carbons (Fsp3) is 0.250. The summed E-state index contributed by atoms with van der Waals surface area (Å²) in [6, 6.07) is 10.9. The van der Waals surface area contributed by atoms with Gasteiger partial charge in [-0.2, -0.15) is 0 Å². The minimum absolute atomic E-state index is 0.0802. The van der Waals surface area contributed by atoms with Gasteiger partial charge in [0, 0.05) is 23.5 Å². The third-order valence-corrected chi connectivity index (χ3v) is 6.38. The summed E-state index contributed by atoms with van der Waals surface area (Å²) in [4.78, 5) is 26.8. The lowest BCUT2D eigenvalue weighted by Gasteiger charge is -2.34. The van der Waals surface area contributed by atoms with Gasteiger partial charge in [0.2, 0.25) is 10.0 Å². The lowest BCUT2D eigenvalue weighted by atomic mass is 10.1. The number of hydrogen-bond donors (Lipinski definition) is 5. The van der Waals surface area contributed by atoms with Crippen molar-refractivity contribution in [3.63, 3.8) is 0 Å². The smallest absolute Gasteiger partial charge is 0.259 e. The van der Waals surface area contributed by atoms with Crippen molar-refractivity contribution in [3.8, 4) is 0 Å². The molecule has 2 aliphatic rings. The van der Waals surface area contributed by atoms with E-state index in [0.717, 1.165) is 0 Å². The molecule has 12 heteroatoms. The van der Waals surface area contributed by atoms with Gasteiger partial charge in [-0.1, -0.05) is 6.07 Å². The molecule has 0 aromatic heterocycles. The van der Waals surface area contributed by atoms with Crippen molar-refractivity contribution < 1.29 is 27.9 Å². The van der Waals surface area contributed by atoms with Crippen LogP contribution in [0.3, 0.4) is 0 Å². The number of carbonyl (C=O) groups is 2. The predicted molar refractivity (Wildman–Crippen MR) is 117 cm³/mol. The molecule has 0 radical (unpaired) electrons. The fourth-order valence-electron chi connectivity index (χ4n) is 3.54. The van der Waals surface area contributed by atoms with Crippen molar-refractivity contribution in [3.05, 3.63) is 53.6 Å². The molecule has 1 unspecified atom stereocenters. The summed E-state index contributed by atoms with van der Waals surface area (Å²) < 4.78 is 31.3. The Labute approximate surface area is 183 Å². The van der Waals surface area contributed by atoms with Crippen LogP contribution in [0, 0.1) is 5.41 Å². The van der Waals surface area contributed by atoms with Crippen molar-refractivity contribution >= 4 is 44.7 Å². The molecule has 2 atom stereocenters. The molecule has 168 valence electrons. The summed E-state index contributed by atoms with van der Waals surface area (Å²) in [6.45, 7) is 0.262. The Morgan fingerprint density at radius 2 is 2.00 bits per heavy atom. The molecule has 4 rings (SSSR count). The van der Waals surface area contributed by atoms with Gasteiger partial charge in [0.1, 0.15) is 5.84 Å². The van der Waals surface area contributed by atoms with E-state index in [2.05, 4.69) is 10.0 Å². The summed E-state index contributed by atoms with van der Waals surface area (Å²) in [6.07, 6.45) is -3.20. The van der Waals surface area contributed by atoms with Gasteiger partial charge in [0.15, 0.2) is 12.2 Å². The van der Waals surface area contributed by atoms with Crippen LogP contribution < -0.4 is 20.7 Å². The molecule has 0 aliphatic carbocycles. The van der Waals surface area contributed by atoms with E-state index in [1.165, 1.54) is 29.2 Å². The number of amidine groups is 1. The van der Waals surface area contributed by atoms with E-state index in [1.54, 1.807) is 18.2 Å². The molecular formula is C20H21N5O6S. The van der Waals surface area contributed by atoms with Crippen LogP contribution in [-0.2, 0) is 30.1 Å². The number of amides is 2. The Hall–Kier alpha value is -3.48. The standard InChI is InChI=1S/C20H21N5O6S/c21-18(22)11-1-4-13(5-2-11)23-19(27)16(26)17-20(28)25(7-8-31-17)14-6-3-12-10-32(29,30)24-15(12)9-14/h1-6,9,16-17,24,26H,7-8,10H2,(H3,21,22)(H,23,27)/t16?,17-/m1/s1. The van der Waals surface area contributed by atoms with Crippen LogP contribution in [0.25, 0.3) is 0 Å². The van der Waals surface area contributed by atoms with Crippen LogP contribution in [0.2, 0.25) is 0 Å². The van der Waals surface area contributed by atoms with E-state index in [9.17, 15) is 23.1 Å². The quantitative estimate of drug-likeness (QED) is 0.308. The van der Waals surface area contributed by atoms with E-state index in [-0.39, 0.29) is 24.7 Å². The number of aliphatic hydroxyl groups excluding tert-OH is 1. The van der Waals surface area contributed by atoms with Gasteiger partial charge < -0.3 is 25.8 Å². The van der Waals surface area contributed by atoms with Crippen molar-refractivity contribution in [1.82, 2.24) is 0 Å². The third kappa shape index (κ3) is 4.28. The molecule has 2 aliphatic heterocycles. The first-order valence-electron chi connectivity index (χ1n) is 9.64. The molecular weight excluding hydrogens is 438 g/mol. The maximum atomic E-state index is 13.0. The third-order valence-electron chi connectivity index (χ3n) is 5.16. The predicted octanol–water partition coefficient (Wildman–Crippen LogP) is -0.0426. The van der Waals surface area contributed by atoms with Crippen molar-refractivity contribution in [1.29, 1.82) is 5.41 Å². The van der Waals surface area contributed by atoms with Gasteiger partial charge in [0.25, 0.3) is 11.8 Å². The number of nitrogens with two attached hydrogens (primary N) is 1. The molecule has 0 bridgehead atoms. The number of rotatable bonds is 5. The molecule has 1 fully saturated rings. The Balaban J connectivity index is 1.47. The monoisotopic (exact) mass is 459 g/mol. The number of aliphatic hydroxyl groups is 1. The number of morpholine rings is 1. The molecule has 11 nitrogen and oxygen atoms in total. The van der Waals surface area contributed by atoms with Gasteiger partial charge in [-0.25, -0.2) is 8.42 Å². The lowest BCUT2D eigenvalue weighted by Crippen LogP contribution is -2.55. The highest BCUT2D eigenvalue weighted by Gasteiger charge is 2.39. The summed E-state index contributed by atoms with van der Waals surface area (Å²) in [7, 11) is -3.43. The fourth-order valence-corrected chi connectivity index (χ4v) is 4.80. The van der Waals surface area contributed by atoms with Gasteiger partial charge in [-0.3, -0.25) is 19.7 Å². The summed E-state index contributed by atoms with van der Waals surface area (Å²) in [5.74, 6) is -1.70. The van der Waals surface area contributed by atoms with Crippen LogP contribution in [0.5, 0.6) is 0 Å². The highest BCUT2D eigenvalue weighted by Crippen LogP contribution is 2.32. The zero-order valence-corrected chi connectivity index (χ0v) is 17.6. The Bertz CT molecular complexity index is 1200. The van der Waals surface area contributed by atoms with Gasteiger partial charge in [-0.05, 0) is 42.0 Å². The second kappa shape index (κ2) is 8.22. The van der Waals surface area contributed by atoms with E-state index in [1.807, 2.05) is 0 Å². The van der Waals surface area contributed by atoms with E-state index in [0.29, 0.717) is 28.2 Å². The molecule has 0 spiro atoms. The number of nitrogens with zero attached hydrogens (tertiary/aromatic N) is 1. The lowest BCUT2D eigenvalue weighted by molar-refractivity contribution is -0.150. The van der Waals surface area contributed by atoms with Crippen LogP contribution in [0.15, 0.2) is 42.5 Å². The van der Waals surface area contributed by atoms with Gasteiger partial charge >= 0.3 is 0 Å². The largest absolute Gasteiger partial charge is 0.384 e. The molecule has 2 aromatic rings. The minimum atomic E-state index is -3.43. The number of fused-ring (bicyclic) bond motifs is 1. The van der Waals surface area contributed by atoms with Gasteiger partial charge in [0.05, 0.1) is 18.0 Å². The Kier molecular flexibility index (Phi) is 5.59. The van der Waals surface area contributed by atoms with Crippen LogP contribution in [0.4, 0.5) is 17.1 Å². The number of ether oxygens (including phenoxy) is 1. The Morgan fingerprint density at radius 1 is 1.28 bits per heavy atom. The number of nitrogens with one attached hydrogen (secondary N) is 3. The van der Waals surface area contributed by atoms with Crippen LogP contribution in [0.1, 0.15) is 11.1 Å². The molecule has 1 saturated heterocycles. The van der Waals surface area contributed by atoms with E-state index >= 15 is 0 Å². The average Bonchev–Trinajstić information content (AvgIpc) is 3.06. The first-order valence-corrected chi connectivity index (χ1v) is 11.3. The zero-order valence-electron chi connectivity index (χ0n) is 16.7. The maximum Gasteiger partial charge on any atom is 0.259 e. The molecule has 0 saturated carbocycles. The molecule has 32 heavy (non-hydrogen) atoms. The molecule has 2 amide bonds. The SMILES string of the molecule is N=C(N)c1ccc(NC(=O)C(O)[C@H]2OCCN(c3ccc4c(c3)NS(=O)(=O)C4)C2=O)cc1. The van der Waals surface area contributed by atoms with Gasteiger partial charge in [-0.15, -0.1) is 0 Å². The molecule has 6 N–H and O–H groups in total. The number of benzene rings is 2. The average molecular weight is 459 g/mol. The summed E-state index contributed by atoms with van der Waals surface area (Å²) >= 11 is 0. The molecule has 2 heterocycles.